The fraction of sp³-hybridized carbons (Fsp3) is 0.304. The molecule has 3 N–H and O–H groups in total. The van der Waals surface area contributed by atoms with E-state index in [4.69, 9.17) is 5.73 Å². The molecule has 0 bridgehead atoms. The lowest BCUT2D eigenvalue weighted by Crippen LogP contribution is -2.44. The number of anilines is 2. The summed E-state index contributed by atoms with van der Waals surface area (Å²) in [6, 6.07) is 7.04. The molecule has 2 aliphatic rings. The summed E-state index contributed by atoms with van der Waals surface area (Å²) in [5, 5.41) is 14.1. The SMILES string of the molecule is N#CC1(c2cc3c(N4CCNCC4)ncnc3c(F)c2-c2ccc(F)c3sc(N)nc23)CC1. The van der Waals surface area contributed by atoms with Crippen molar-refractivity contribution in [3.8, 4) is 17.2 Å². The Labute approximate surface area is 191 Å². The van der Waals surface area contributed by atoms with E-state index in [1.807, 2.05) is 6.07 Å². The third-order valence-electron chi connectivity index (χ3n) is 6.53. The Bertz CT molecular complexity index is 1470. The number of nitrogens with two attached hydrogens (primary N) is 1. The third-order valence-corrected chi connectivity index (χ3v) is 7.42. The molecule has 4 aromatic rings. The topological polar surface area (TPSA) is 104 Å². The van der Waals surface area contributed by atoms with Crippen molar-refractivity contribution in [3.63, 3.8) is 0 Å². The summed E-state index contributed by atoms with van der Waals surface area (Å²) < 4.78 is 31.0. The summed E-state index contributed by atoms with van der Waals surface area (Å²) in [6.45, 7) is 3.09. The fourth-order valence-electron chi connectivity index (χ4n) is 4.68. The number of thiazole rings is 1. The zero-order chi connectivity index (χ0) is 22.7. The standard InChI is InChI=1S/C23H19F2N7S/c24-15-2-1-12(19-20(15)33-22(27)31-19)16-14(23(10-26)3-4-23)9-13-18(17(16)25)29-11-30-21(13)32-7-5-28-6-8-32/h1-2,9,11,28H,3-8H2,(H2,27,31). The molecule has 0 spiro atoms. The molecular formula is C23H19F2N7S. The van der Waals surface area contributed by atoms with E-state index in [0.717, 1.165) is 37.5 Å². The van der Waals surface area contributed by atoms with Crippen LogP contribution in [0.2, 0.25) is 0 Å². The average molecular weight is 464 g/mol. The van der Waals surface area contributed by atoms with E-state index < -0.39 is 17.0 Å². The van der Waals surface area contributed by atoms with Crippen molar-refractivity contribution in [3.05, 3.63) is 41.7 Å². The first-order chi connectivity index (χ1) is 16.0. The summed E-state index contributed by atoms with van der Waals surface area (Å²) in [7, 11) is 0. The van der Waals surface area contributed by atoms with Crippen LogP contribution in [-0.2, 0) is 5.41 Å². The van der Waals surface area contributed by atoms with E-state index in [2.05, 4.69) is 31.2 Å². The van der Waals surface area contributed by atoms with Gasteiger partial charge in [-0.25, -0.2) is 23.7 Å². The normalized spacial score (nSPS) is 17.4. The van der Waals surface area contributed by atoms with Crippen LogP contribution in [0.5, 0.6) is 0 Å². The largest absolute Gasteiger partial charge is 0.375 e. The van der Waals surface area contributed by atoms with Crippen LogP contribution < -0.4 is 16.0 Å². The minimum absolute atomic E-state index is 0.173. The first kappa shape index (κ1) is 20.2. The molecule has 2 aromatic heterocycles. The number of hydrogen-bond donors (Lipinski definition) is 2. The molecule has 33 heavy (non-hydrogen) atoms. The maximum Gasteiger partial charge on any atom is 0.181 e. The van der Waals surface area contributed by atoms with Crippen molar-refractivity contribution >= 4 is 43.4 Å². The van der Waals surface area contributed by atoms with Gasteiger partial charge in [-0.15, -0.1) is 0 Å². The van der Waals surface area contributed by atoms with Crippen molar-refractivity contribution in [1.29, 1.82) is 5.26 Å². The summed E-state index contributed by atoms with van der Waals surface area (Å²) in [5.74, 6) is -0.359. The first-order valence-corrected chi connectivity index (χ1v) is 11.5. The predicted molar refractivity (Wildman–Crippen MR) is 124 cm³/mol. The number of fused-ring (bicyclic) bond motifs is 2. The molecule has 10 heteroatoms. The van der Waals surface area contributed by atoms with Crippen molar-refractivity contribution in [2.45, 2.75) is 18.3 Å². The van der Waals surface area contributed by atoms with Crippen LogP contribution >= 0.6 is 11.3 Å². The minimum Gasteiger partial charge on any atom is -0.375 e. The van der Waals surface area contributed by atoms with Crippen LogP contribution in [0.1, 0.15) is 18.4 Å². The highest BCUT2D eigenvalue weighted by molar-refractivity contribution is 7.22. The summed E-state index contributed by atoms with van der Waals surface area (Å²) in [6.07, 6.45) is 2.62. The molecule has 0 radical (unpaired) electrons. The number of nitrogen functional groups attached to an aromatic ring is 1. The maximum absolute atomic E-state index is 16.3. The molecule has 2 aromatic carbocycles. The number of aromatic nitrogens is 3. The molecule has 0 amide bonds. The maximum atomic E-state index is 16.3. The number of benzene rings is 2. The first-order valence-electron chi connectivity index (χ1n) is 10.7. The van der Waals surface area contributed by atoms with E-state index in [-0.39, 0.29) is 20.9 Å². The zero-order valence-electron chi connectivity index (χ0n) is 17.5. The molecule has 2 fully saturated rings. The number of nitrogens with zero attached hydrogens (tertiary/aromatic N) is 5. The monoisotopic (exact) mass is 463 g/mol. The second-order valence-electron chi connectivity index (χ2n) is 8.46. The highest BCUT2D eigenvalue weighted by Gasteiger charge is 2.48. The molecule has 0 unspecified atom stereocenters. The average Bonchev–Trinajstić information content (AvgIpc) is 3.54. The fourth-order valence-corrected chi connectivity index (χ4v) is 5.44. The highest BCUT2D eigenvalue weighted by Crippen LogP contribution is 2.53. The molecule has 1 aliphatic carbocycles. The molecule has 1 aliphatic heterocycles. The Morgan fingerprint density at radius 3 is 2.67 bits per heavy atom. The van der Waals surface area contributed by atoms with E-state index >= 15 is 4.39 Å². The van der Waals surface area contributed by atoms with Gasteiger partial charge < -0.3 is 16.0 Å². The second kappa shape index (κ2) is 7.30. The van der Waals surface area contributed by atoms with Crippen molar-refractivity contribution < 1.29 is 8.78 Å². The predicted octanol–water partition coefficient (Wildman–Crippen LogP) is 3.73. The van der Waals surface area contributed by atoms with Gasteiger partial charge >= 0.3 is 0 Å². The molecule has 1 saturated heterocycles. The van der Waals surface area contributed by atoms with E-state index in [1.54, 1.807) is 0 Å². The van der Waals surface area contributed by atoms with Gasteiger partial charge in [-0.05, 0) is 36.6 Å². The number of halogens is 2. The second-order valence-corrected chi connectivity index (χ2v) is 9.49. The van der Waals surface area contributed by atoms with Gasteiger partial charge in [0.15, 0.2) is 10.9 Å². The van der Waals surface area contributed by atoms with Gasteiger partial charge in [-0.3, -0.25) is 0 Å². The van der Waals surface area contributed by atoms with Crippen LogP contribution in [0.4, 0.5) is 19.7 Å². The lowest BCUT2D eigenvalue weighted by Gasteiger charge is -2.29. The van der Waals surface area contributed by atoms with E-state index in [1.165, 1.54) is 18.5 Å². The summed E-state index contributed by atoms with van der Waals surface area (Å²) in [5.41, 5.74) is 6.75. The van der Waals surface area contributed by atoms with Crippen LogP contribution in [-0.4, -0.2) is 41.1 Å². The quantitative estimate of drug-likeness (QED) is 0.477. The molecule has 0 atom stereocenters. The van der Waals surface area contributed by atoms with Crippen LogP contribution in [0, 0.1) is 23.0 Å². The number of nitriles is 1. The highest BCUT2D eigenvalue weighted by atomic mass is 32.1. The van der Waals surface area contributed by atoms with Crippen molar-refractivity contribution in [2.75, 3.05) is 36.8 Å². The van der Waals surface area contributed by atoms with Crippen LogP contribution in [0.3, 0.4) is 0 Å². The Hall–Kier alpha value is -3.42. The Morgan fingerprint density at radius 2 is 1.94 bits per heavy atom. The Kier molecular flexibility index (Phi) is 4.47. The summed E-state index contributed by atoms with van der Waals surface area (Å²) in [4.78, 5) is 15.1. The van der Waals surface area contributed by atoms with Gasteiger partial charge in [0.2, 0.25) is 0 Å². The van der Waals surface area contributed by atoms with Gasteiger partial charge in [-0.1, -0.05) is 11.3 Å². The van der Waals surface area contributed by atoms with E-state index in [0.29, 0.717) is 40.7 Å². The smallest absolute Gasteiger partial charge is 0.181 e. The van der Waals surface area contributed by atoms with Crippen LogP contribution in [0.25, 0.3) is 32.2 Å². The van der Waals surface area contributed by atoms with Gasteiger partial charge in [0, 0.05) is 42.7 Å². The third kappa shape index (κ3) is 3.03. The van der Waals surface area contributed by atoms with Crippen LogP contribution in [0.15, 0.2) is 24.5 Å². The molecule has 6 rings (SSSR count). The number of rotatable bonds is 3. The number of hydrogen-bond acceptors (Lipinski definition) is 8. The molecule has 7 nitrogen and oxygen atoms in total. The zero-order valence-corrected chi connectivity index (χ0v) is 18.3. The lowest BCUT2D eigenvalue weighted by atomic mass is 9.86. The molecule has 166 valence electrons. The number of piperazine rings is 1. The van der Waals surface area contributed by atoms with Gasteiger partial charge in [0.25, 0.3) is 0 Å². The van der Waals surface area contributed by atoms with E-state index in [9.17, 15) is 9.65 Å². The Balaban J connectivity index is 1.68. The Morgan fingerprint density at radius 1 is 1.15 bits per heavy atom. The molecule has 1 saturated carbocycles. The van der Waals surface area contributed by atoms with Gasteiger partial charge in [-0.2, -0.15) is 5.26 Å². The summed E-state index contributed by atoms with van der Waals surface area (Å²) >= 11 is 1.02. The minimum atomic E-state index is -0.802. The van der Waals surface area contributed by atoms with Crippen molar-refractivity contribution in [1.82, 2.24) is 20.3 Å². The molecule has 3 heterocycles. The van der Waals surface area contributed by atoms with Gasteiger partial charge in [0.05, 0.1) is 21.7 Å². The van der Waals surface area contributed by atoms with Gasteiger partial charge in [0.1, 0.15) is 23.5 Å². The number of nitrogens with one attached hydrogen (secondary N) is 1. The van der Waals surface area contributed by atoms with Crippen molar-refractivity contribution in [2.24, 2.45) is 0 Å². The lowest BCUT2D eigenvalue weighted by molar-refractivity contribution is 0.585. The molecular weight excluding hydrogens is 444 g/mol.